The van der Waals surface area contributed by atoms with Crippen LogP contribution in [0.15, 0.2) is 461 Å². The summed E-state index contributed by atoms with van der Waals surface area (Å²) in [4.78, 5) is 30.9. The molecule has 9 aromatic heterocycles. The van der Waals surface area contributed by atoms with Gasteiger partial charge in [0.1, 0.15) is 0 Å². The van der Waals surface area contributed by atoms with E-state index < -0.39 is 0 Å². The number of thiophene rings is 1. The number of hydrogen-bond acceptors (Lipinski definition) is 7. The summed E-state index contributed by atoms with van der Waals surface area (Å²) in [6.45, 7) is 0. The van der Waals surface area contributed by atoms with Gasteiger partial charge in [0.25, 0.3) is 0 Å². The van der Waals surface area contributed by atoms with Crippen LogP contribution in [0.2, 0.25) is 0 Å². The van der Waals surface area contributed by atoms with Crippen LogP contribution in [0.25, 0.3) is 242 Å². The number of aromatic nitrogens is 12. The highest BCUT2D eigenvalue weighted by molar-refractivity contribution is 7.25. The normalized spacial score (nSPS) is 11.5. The minimum atomic E-state index is 0. The summed E-state index contributed by atoms with van der Waals surface area (Å²) >= 11 is 1.87. The summed E-state index contributed by atoms with van der Waals surface area (Å²) in [7, 11) is 0. The number of rotatable bonds is 11. The van der Waals surface area contributed by atoms with Gasteiger partial charge in [-0.25, -0.2) is 9.97 Å². The lowest BCUT2D eigenvalue weighted by Gasteiger charge is -2.13. The molecule has 0 fully saturated rings. The Hall–Kier alpha value is -17.8. The molecule has 12 nitrogen and oxygen atoms in total. The van der Waals surface area contributed by atoms with Gasteiger partial charge >= 0.3 is 0 Å². The average Bonchev–Trinajstić information content (AvgIpc) is 1.54. The van der Waals surface area contributed by atoms with Crippen LogP contribution in [0.5, 0.6) is 0 Å². The van der Waals surface area contributed by atoms with Crippen molar-refractivity contribution < 1.29 is 0 Å². The minimum absolute atomic E-state index is 0. The van der Waals surface area contributed by atoms with Gasteiger partial charge in [-0.2, -0.15) is 19.9 Å². The van der Waals surface area contributed by atoms with Crippen LogP contribution in [0.1, 0.15) is 22.3 Å². The van der Waals surface area contributed by atoms with Gasteiger partial charge in [-0.1, -0.05) is 374 Å². The van der Waals surface area contributed by atoms with E-state index in [1.165, 1.54) is 102 Å². The number of para-hydroxylation sites is 10. The molecule has 0 aliphatic carbocycles. The van der Waals surface area contributed by atoms with Crippen LogP contribution < -0.4 is 0 Å². The number of nitrogens with zero attached hydrogens (tertiary/aromatic N) is 12. The Balaban J connectivity index is 0.000000114. The van der Waals surface area contributed by atoms with Crippen LogP contribution in [0.4, 0.5) is 0 Å². The van der Waals surface area contributed by atoms with Crippen molar-refractivity contribution >= 4 is 162 Å². The Morgan fingerprint density at radius 1 is 0.147 bits per heavy atom. The van der Waals surface area contributed by atoms with E-state index in [-0.39, 0.29) is 22.3 Å². The Morgan fingerprint density at radius 3 is 0.654 bits per heavy atom. The summed E-state index contributed by atoms with van der Waals surface area (Å²) in [5, 5.41) is 17.1. The maximum atomic E-state index is 5.27. The molecule has 0 spiro atoms. The molecule has 0 amide bonds. The molecule has 0 aliphatic heterocycles. The van der Waals surface area contributed by atoms with Crippen molar-refractivity contribution in [1.82, 2.24) is 57.3 Å². The zero-order valence-electron chi connectivity index (χ0n) is 71.7. The molecule has 28 rings (SSSR count). The third-order valence-electron chi connectivity index (χ3n) is 26.1. The van der Waals surface area contributed by atoms with Crippen molar-refractivity contribution in [1.29, 1.82) is 0 Å². The molecular weight excluding hydrogens is 1680 g/mol. The smallest absolute Gasteiger partial charge is 0.238 e. The second-order valence-corrected chi connectivity index (χ2v) is 34.7. The molecule has 136 heavy (non-hydrogen) atoms. The Kier molecular flexibility index (Phi) is 20.8. The number of fused-ring (bicyclic) bond motifs is 23. The third-order valence-corrected chi connectivity index (χ3v) is 27.2. The van der Waals surface area contributed by atoms with E-state index in [1.54, 1.807) is 0 Å². The maximum Gasteiger partial charge on any atom is 0.238 e. The van der Waals surface area contributed by atoms with Gasteiger partial charge < -0.3 is 18.3 Å². The van der Waals surface area contributed by atoms with Crippen molar-refractivity contribution in [3.63, 3.8) is 0 Å². The fraction of sp³-hybridized carbons (Fsp3) is 0.0244. The highest BCUT2D eigenvalue weighted by atomic mass is 32.1. The van der Waals surface area contributed by atoms with E-state index in [0.717, 1.165) is 105 Å². The first kappa shape index (κ1) is 82.6. The van der Waals surface area contributed by atoms with Crippen LogP contribution in [0.3, 0.4) is 0 Å². The van der Waals surface area contributed by atoms with Gasteiger partial charge in [-0.3, -0.25) is 9.13 Å². The maximum absolute atomic E-state index is 5.27. The second kappa shape index (κ2) is 34.2. The lowest BCUT2D eigenvalue weighted by molar-refractivity contribution is 0.953. The largest absolute Gasteiger partial charge is 0.309 e. The Labute approximate surface area is 788 Å². The molecular formula is C123H88N12S. The molecule has 0 N–H and O–H groups in total. The molecule has 0 unspecified atom stereocenters. The predicted octanol–water partition coefficient (Wildman–Crippen LogP) is 32.6. The summed E-state index contributed by atoms with van der Waals surface area (Å²) in [6, 6.07) is 163. The van der Waals surface area contributed by atoms with Crippen molar-refractivity contribution in [3.05, 3.63) is 461 Å². The third kappa shape index (κ3) is 13.6. The fourth-order valence-electron chi connectivity index (χ4n) is 20.2. The van der Waals surface area contributed by atoms with Gasteiger partial charge in [0.2, 0.25) is 11.9 Å². The van der Waals surface area contributed by atoms with Gasteiger partial charge in [0, 0.05) is 130 Å². The van der Waals surface area contributed by atoms with E-state index >= 15 is 0 Å². The van der Waals surface area contributed by atoms with E-state index in [2.05, 4.69) is 404 Å². The zero-order valence-corrected chi connectivity index (χ0v) is 72.5. The zero-order chi connectivity index (χ0) is 87.6. The highest BCUT2D eigenvalue weighted by Gasteiger charge is 2.28. The highest BCUT2D eigenvalue weighted by Crippen LogP contribution is 2.47. The summed E-state index contributed by atoms with van der Waals surface area (Å²) in [5.74, 6) is 3.67. The molecule has 13 heteroatoms. The molecule has 28 aromatic rings. The lowest BCUT2D eigenvalue weighted by Crippen LogP contribution is -2.07. The van der Waals surface area contributed by atoms with E-state index in [1.807, 2.05) is 96.3 Å². The van der Waals surface area contributed by atoms with Crippen LogP contribution in [-0.2, 0) is 0 Å². The molecule has 0 radical (unpaired) electrons. The van der Waals surface area contributed by atoms with Gasteiger partial charge in [0.05, 0.1) is 66.2 Å². The van der Waals surface area contributed by atoms with Crippen molar-refractivity contribution in [2.45, 2.75) is 22.3 Å². The molecule has 0 aliphatic rings. The fourth-order valence-corrected chi connectivity index (χ4v) is 21.3. The monoisotopic (exact) mass is 1760 g/mol. The van der Waals surface area contributed by atoms with Gasteiger partial charge in [-0.05, 0) is 120 Å². The van der Waals surface area contributed by atoms with Crippen molar-refractivity contribution in [3.8, 4) is 91.3 Å². The van der Waals surface area contributed by atoms with Crippen LogP contribution >= 0.6 is 11.3 Å². The first-order valence-electron chi connectivity index (χ1n) is 44.8. The molecule has 646 valence electrons. The molecule has 9 heterocycles. The van der Waals surface area contributed by atoms with E-state index in [0.29, 0.717) is 35.2 Å². The van der Waals surface area contributed by atoms with Gasteiger partial charge in [-0.15, -0.1) is 11.3 Å². The molecule has 0 saturated carbocycles. The van der Waals surface area contributed by atoms with Crippen LogP contribution in [0, 0.1) is 0 Å². The number of benzene rings is 19. The SMILES string of the molecule is C.C.C.c1ccc(-c2ccc(-c3nc(-c4ccccc4)nc(-n4c5ccccc5c5ccc6c7ccccc7n(-c7ccccc7)c6c54)n3)cc2)cc1.c1ccc(-c2nc(-c3ccccc3)nc(-n3c4ccccc4c4ccc5c6ccccc6n(-c6ccccc6)c5c43)n2)cc1.c1ccc2c(c1)c1ccccc1n2-c1ccc2sc3ccc(-n4c5ccccc5c5ccccc54)cc3c2c1. The predicted molar refractivity (Wildman–Crippen MR) is 572 cm³/mol. The summed E-state index contributed by atoms with van der Waals surface area (Å²) < 4.78 is 16.7. The van der Waals surface area contributed by atoms with E-state index in [4.69, 9.17) is 29.9 Å². The molecule has 0 atom stereocenters. The topological polar surface area (TPSA) is 107 Å². The lowest BCUT2D eigenvalue weighted by atomic mass is 10.0. The summed E-state index contributed by atoms with van der Waals surface area (Å²) in [5.41, 5.74) is 24.4. The van der Waals surface area contributed by atoms with Crippen LogP contribution in [-0.4, -0.2) is 57.3 Å². The minimum Gasteiger partial charge on any atom is -0.309 e. The standard InChI is InChI=1S/C45H29N5.C39H25N5.C36H22N2S.3CH4/c1-4-14-30(15-5-1)31-24-26-33(27-25-31)44-46-43(32-16-6-2-7-17-32)47-45(48-44)50-40-23-13-11-21-36(40)38-29-28-37-35-20-10-12-22-39(35)49(41(37)42(38)50)34-18-8-3-9-19-34;1-4-14-26(15-5-1)37-40-38(27-16-6-2-7-17-27)42-39(41-37)44-34-23-13-11-21-30(34)32-25-24-31-29-20-10-12-22-33(29)43(35(31)36(32)44)28-18-8-3-9-19-28;1-5-13-31-25(9-1)26-10-2-6-14-32(26)37(31)23-17-19-35-29(21-23)30-22-24(18-20-36(30)39-35)38-33-15-7-3-11-27(33)28-12-4-8-16-34(28)38;;;/h1-29H;1-25H;1-22H;3*1H4. The van der Waals surface area contributed by atoms with E-state index in [9.17, 15) is 0 Å². The Morgan fingerprint density at radius 2 is 0.360 bits per heavy atom. The Bertz CT molecular complexity index is 9110. The number of hydrogen-bond donors (Lipinski definition) is 0. The van der Waals surface area contributed by atoms with Crippen molar-refractivity contribution in [2.75, 3.05) is 0 Å². The first-order valence-corrected chi connectivity index (χ1v) is 45.6. The second-order valence-electron chi connectivity index (χ2n) is 33.6. The molecule has 19 aromatic carbocycles. The summed E-state index contributed by atoms with van der Waals surface area (Å²) in [6.07, 6.45) is 0. The van der Waals surface area contributed by atoms with Crippen molar-refractivity contribution in [2.24, 2.45) is 0 Å². The molecule has 0 bridgehead atoms. The quantitative estimate of drug-likeness (QED) is 0.128. The molecule has 0 saturated heterocycles. The average molecular weight is 1770 g/mol. The first-order chi connectivity index (χ1) is 66.0. The van der Waals surface area contributed by atoms with Gasteiger partial charge in [0.15, 0.2) is 23.3 Å².